The maximum atomic E-state index is 12.6. The van der Waals surface area contributed by atoms with Gasteiger partial charge in [-0.2, -0.15) is 0 Å². The van der Waals surface area contributed by atoms with Crippen molar-refractivity contribution in [3.05, 3.63) is 30.2 Å². The van der Waals surface area contributed by atoms with Crippen LogP contribution in [-0.4, -0.2) is 31.1 Å². The van der Waals surface area contributed by atoms with E-state index >= 15 is 0 Å². The van der Waals surface area contributed by atoms with Gasteiger partial charge in [-0.3, -0.25) is 14.4 Å². The van der Waals surface area contributed by atoms with E-state index in [1.807, 2.05) is 6.08 Å². The van der Waals surface area contributed by atoms with E-state index < -0.39 is 23.3 Å². The van der Waals surface area contributed by atoms with Crippen molar-refractivity contribution in [3.8, 4) is 12.3 Å². The summed E-state index contributed by atoms with van der Waals surface area (Å²) in [5.74, 6) is 0.144. The highest BCUT2D eigenvalue weighted by Gasteiger charge is 2.49. The lowest BCUT2D eigenvalue weighted by Crippen LogP contribution is -2.42. The average Bonchev–Trinajstić information content (AvgIpc) is 2.63. The number of hydrogen-bond acceptors (Lipinski definition) is 6. The molecule has 154 valence electrons. The molecule has 0 spiro atoms. The van der Waals surface area contributed by atoms with Crippen LogP contribution < -0.4 is 0 Å². The molecule has 0 fully saturated rings. The summed E-state index contributed by atoms with van der Waals surface area (Å²) in [6.45, 7) is 8.27. The first-order valence-electron chi connectivity index (χ1n) is 9.39. The van der Waals surface area contributed by atoms with Crippen LogP contribution in [0.1, 0.15) is 59.3 Å². The topological polar surface area (TPSA) is 78.9 Å². The molecule has 0 aliphatic heterocycles. The number of carbonyl (C=O) groups is 3. The second-order valence-electron chi connectivity index (χ2n) is 6.02. The number of allylic oxidation sites excluding steroid dienone is 2. The van der Waals surface area contributed by atoms with E-state index in [9.17, 15) is 14.4 Å². The van der Waals surface area contributed by atoms with Crippen molar-refractivity contribution < 1.29 is 28.6 Å². The highest BCUT2D eigenvalue weighted by atomic mass is 16.6. The van der Waals surface area contributed by atoms with Gasteiger partial charge in [0.1, 0.15) is 0 Å². The number of rotatable bonds is 13. The van der Waals surface area contributed by atoms with E-state index in [0.717, 1.165) is 19.3 Å². The van der Waals surface area contributed by atoms with Gasteiger partial charge in [-0.25, -0.2) is 0 Å². The fourth-order valence-electron chi connectivity index (χ4n) is 2.43. The van der Waals surface area contributed by atoms with E-state index in [2.05, 4.69) is 18.2 Å². The van der Waals surface area contributed by atoms with Gasteiger partial charge in [-0.15, -0.1) is 18.9 Å². The maximum absolute atomic E-state index is 12.6. The third-order valence-electron chi connectivity index (χ3n) is 3.74. The summed E-state index contributed by atoms with van der Waals surface area (Å²) in [4.78, 5) is 36.7. The van der Waals surface area contributed by atoms with Crippen LogP contribution in [-0.2, 0) is 28.6 Å². The van der Waals surface area contributed by atoms with Gasteiger partial charge >= 0.3 is 17.9 Å². The fraction of sp³-hybridized carbons (Fsp3) is 0.545. The van der Waals surface area contributed by atoms with Crippen molar-refractivity contribution in [1.29, 1.82) is 0 Å². The Morgan fingerprint density at radius 1 is 1.07 bits per heavy atom. The molecule has 0 saturated carbocycles. The normalized spacial score (nSPS) is 10.1. The Balaban J connectivity index is 5.84. The highest BCUT2D eigenvalue weighted by Crippen LogP contribution is 2.34. The molecule has 0 aliphatic rings. The van der Waals surface area contributed by atoms with Crippen molar-refractivity contribution in [3.63, 3.8) is 0 Å². The van der Waals surface area contributed by atoms with Crippen molar-refractivity contribution in [2.24, 2.45) is 5.41 Å². The molecule has 0 radical (unpaired) electrons. The molecule has 0 atom stereocenters. The minimum atomic E-state index is -1.80. The van der Waals surface area contributed by atoms with E-state index in [1.165, 1.54) is 6.92 Å². The lowest BCUT2D eigenvalue weighted by Gasteiger charge is -2.27. The summed E-state index contributed by atoms with van der Waals surface area (Å²) in [6, 6.07) is 0. The number of esters is 3. The van der Waals surface area contributed by atoms with Gasteiger partial charge in [0.2, 0.25) is 0 Å². The van der Waals surface area contributed by atoms with Crippen LogP contribution in [0, 0.1) is 17.8 Å². The summed E-state index contributed by atoms with van der Waals surface area (Å²) in [6.07, 6.45) is 11.9. The summed E-state index contributed by atoms with van der Waals surface area (Å²) in [7, 11) is 0. The molecule has 0 unspecified atom stereocenters. The monoisotopic (exact) mass is 390 g/mol. The van der Waals surface area contributed by atoms with Crippen LogP contribution >= 0.6 is 0 Å². The van der Waals surface area contributed by atoms with Crippen molar-refractivity contribution in [2.45, 2.75) is 59.3 Å². The lowest BCUT2D eigenvalue weighted by molar-refractivity contribution is -0.173. The molecule has 0 amide bonds. The largest absolute Gasteiger partial charge is 0.465 e. The third kappa shape index (κ3) is 8.75. The molecule has 0 saturated heterocycles. The molecule has 28 heavy (non-hydrogen) atoms. The number of unbranched alkanes of at least 4 members (excludes halogenated alkanes) is 3. The zero-order valence-corrected chi connectivity index (χ0v) is 17.0. The minimum Gasteiger partial charge on any atom is -0.465 e. The van der Waals surface area contributed by atoms with Crippen LogP contribution in [0.25, 0.3) is 0 Å². The van der Waals surface area contributed by atoms with Crippen molar-refractivity contribution >= 4 is 17.9 Å². The Labute approximate surface area is 167 Å². The van der Waals surface area contributed by atoms with E-state index in [-0.39, 0.29) is 31.8 Å². The van der Waals surface area contributed by atoms with Gasteiger partial charge in [0.25, 0.3) is 0 Å². The number of ether oxygens (including phenoxy) is 3. The highest BCUT2D eigenvalue weighted by molar-refractivity contribution is 6.00. The van der Waals surface area contributed by atoms with Crippen LogP contribution in [0.4, 0.5) is 0 Å². The van der Waals surface area contributed by atoms with E-state index in [0.29, 0.717) is 6.42 Å². The van der Waals surface area contributed by atoms with E-state index in [4.69, 9.17) is 20.6 Å². The van der Waals surface area contributed by atoms with E-state index in [1.54, 1.807) is 19.9 Å². The molecule has 0 bridgehead atoms. The zero-order valence-electron chi connectivity index (χ0n) is 17.0. The van der Waals surface area contributed by atoms with Crippen LogP contribution in [0.2, 0.25) is 0 Å². The standard InChI is InChI=1S/C22H30O6/c1-6-10-11-12-13-14-15-19(28-18(5)23)17-22(16-7-2,20(24)26-8-3)21(25)27-9-4/h2,6,14H,1,8-13,16-17H2,3-5H3. The summed E-state index contributed by atoms with van der Waals surface area (Å²) in [5.41, 5.74) is 1.08. The zero-order chi connectivity index (χ0) is 21.4. The molecule has 0 aromatic rings. The van der Waals surface area contributed by atoms with Gasteiger partial charge < -0.3 is 14.2 Å². The fourth-order valence-corrected chi connectivity index (χ4v) is 2.43. The summed E-state index contributed by atoms with van der Waals surface area (Å²) in [5, 5.41) is 0. The molecule has 0 aromatic heterocycles. The minimum absolute atomic E-state index is 0.0348. The Morgan fingerprint density at radius 2 is 1.64 bits per heavy atom. The SMILES string of the molecule is C#CCC(CC(=C=CCCCCC=C)OC(C)=O)(C(=O)OCC)C(=O)OCC. The molecule has 6 heteroatoms. The van der Waals surface area contributed by atoms with Gasteiger partial charge in [0, 0.05) is 19.8 Å². The first-order valence-corrected chi connectivity index (χ1v) is 9.39. The Kier molecular flexibility index (Phi) is 12.9. The molecule has 0 aliphatic carbocycles. The molecular formula is C22H30O6. The Bertz CT molecular complexity index is 628. The summed E-state index contributed by atoms with van der Waals surface area (Å²) < 4.78 is 15.3. The molecular weight excluding hydrogens is 360 g/mol. The Morgan fingerprint density at radius 3 is 2.11 bits per heavy atom. The predicted molar refractivity (Wildman–Crippen MR) is 106 cm³/mol. The maximum Gasteiger partial charge on any atom is 0.324 e. The molecule has 0 heterocycles. The number of hydrogen-bond donors (Lipinski definition) is 0. The first kappa shape index (κ1) is 25.2. The van der Waals surface area contributed by atoms with Crippen molar-refractivity contribution in [2.75, 3.05) is 13.2 Å². The summed E-state index contributed by atoms with van der Waals surface area (Å²) >= 11 is 0. The first-order chi connectivity index (χ1) is 13.4. The van der Waals surface area contributed by atoms with Crippen LogP contribution in [0.5, 0.6) is 0 Å². The van der Waals surface area contributed by atoms with Gasteiger partial charge in [-0.05, 0) is 45.6 Å². The molecule has 0 rings (SSSR count). The smallest absolute Gasteiger partial charge is 0.324 e. The number of carbonyl (C=O) groups excluding carboxylic acids is 3. The average molecular weight is 390 g/mol. The second kappa shape index (κ2) is 14.3. The lowest BCUT2D eigenvalue weighted by atomic mass is 9.80. The van der Waals surface area contributed by atoms with Crippen molar-refractivity contribution in [1.82, 2.24) is 0 Å². The quantitative estimate of drug-likeness (QED) is 0.0694. The van der Waals surface area contributed by atoms with Gasteiger partial charge in [0.05, 0.1) is 13.2 Å². The molecule has 0 aromatic carbocycles. The molecule has 6 nitrogen and oxygen atoms in total. The number of terminal acetylenes is 1. The Hall–Kier alpha value is -2.77. The van der Waals surface area contributed by atoms with Crippen LogP contribution in [0.15, 0.2) is 30.2 Å². The molecule has 0 N–H and O–H groups in total. The second-order valence-corrected chi connectivity index (χ2v) is 6.02. The predicted octanol–water partition coefficient (Wildman–Crippen LogP) is 3.86. The van der Waals surface area contributed by atoms with Gasteiger partial charge in [0.15, 0.2) is 11.2 Å². The van der Waals surface area contributed by atoms with Gasteiger partial charge in [-0.1, -0.05) is 11.8 Å². The van der Waals surface area contributed by atoms with Crippen LogP contribution in [0.3, 0.4) is 0 Å². The third-order valence-corrected chi connectivity index (χ3v) is 3.74.